The minimum atomic E-state index is 0.0168. The third kappa shape index (κ3) is 7.33. The van der Waals surface area contributed by atoms with Crippen molar-refractivity contribution in [1.82, 2.24) is 10.6 Å². The van der Waals surface area contributed by atoms with Crippen molar-refractivity contribution in [2.75, 3.05) is 26.8 Å². The Morgan fingerprint density at radius 2 is 2.00 bits per heavy atom. The molecule has 0 aromatic rings. The molecule has 0 radical (unpaired) electrons. The predicted octanol–water partition coefficient (Wildman–Crippen LogP) is 0.773. The van der Waals surface area contributed by atoms with Crippen molar-refractivity contribution in [3.05, 3.63) is 0 Å². The molecular weight excluding hydrogens is 192 g/mol. The van der Waals surface area contributed by atoms with Gasteiger partial charge in [0.2, 0.25) is 5.91 Å². The van der Waals surface area contributed by atoms with E-state index in [0.717, 1.165) is 0 Å². The minimum Gasteiger partial charge on any atom is -0.383 e. The topological polar surface area (TPSA) is 50.4 Å². The summed E-state index contributed by atoms with van der Waals surface area (Å²) in [6, 6.07) is 0.311. The summed E-state index contributed by atoms with van der Waals surface area (Å²) in [6.07, 6.45) is 0. The smallest absolute Gasteiger partial charge is 0.234 e. The Balaban J connectivity index is 3.62. The Labute approximate surface area is 92.8 Å². The van der Waals surface area contributed by atoms with Gasteiger partial charge < -0.3 is 15.4 Å². The van der Waals surface area contributed by atoms with E-state index in [-0.39, 0.29) is 11.3 Å². The van der Waals surface area contributed by atoms with Gasteiger partial charge in [-0.2, -0.15) is 0 Å². The molecular formula is C11H24N2O2. The Hall–Kier alpha value is -0.610. The molecule has 0 aliphatic heterocycles. The van der Waals surface area contributed by atoms with E-state index < -0.39 is 0 Å². The van der Waals surface area contributed by atoms with Crippen molar-refractivity contribution in [3.8, 4) is 0 Å². The fourth-order valence-corrected chi connectivity index (χ4v) is 0.907. The van der Waals surface area contributed by atoms with E-state index >= 15 is 0 Å². The molecule has 0 aromatic carbocycles. The second-order valence-corrected chi connectivity index (χ2v) is 4.81. The van der Waals surface area contributed by atoms with Gasteiger partial charge in [-0.3, -0.25) is 4.79 Å². The van der Waals surface area contributed by atoms with Gasteiger partial charge in [-0.25, -0.2) is 0 Å². The van der Waals surface area contributed by atoms with Crippen molar-refractivity contribution < 1.29 is 9.53 Å². The summed E-state index contributed by atoms with van der Waals surface area (Å²) in [5, 5.41) is 5.96. The van der Waals surface area contributed by atoms with Gasteiger partial charge in [0.25, 0.3) is 0 Å². The number of ether oxygens (including phenoxy) is 1. The van der Waals surface area contributed by atoms with E-state index in [2.05, 4.69) is 38.3 Å². The average molecular weight is 216 g/mol. The van der Waals surface area contributed by atoms with Gasteiger partial charge in [0.1, 0.15) is 0 Å². The van der Waals surface area contributed by atoms with Gasteiger partial charge in [-0.15, -0.1) is 0 Å². The Morgan fingerprint density at radius 1 is 1.40 bits per heavy atom. The van der Waals surface area contributed by atoms with Crippen LogP contribution in [0.15, 0.2) is 0 Å². The summed E-state index contributed by atoms with van der Waals surface area (Å²) >= 11 is 0. The molecule has 0 bridgehead atoms. The van der Waals surface area contributed by atoms with Crippen molar-refractivity contribution in [3.63, 3.8) is 0 Å². The highest BCUT2D eigenvalue weighted by atomic mass is 16.5. The zero-order valence-electron chi connectivity index (χ0n) is 10.5. The first-order valence-electron chi connectivity index (χ1n) is 5.37. The van der Waals surface area contributed by atoms with Crippen molar-refractivity contribution in [2.45, 2.75) is 33.7 Å². The number of carbonyl (C=O) groups is 1. The lowest BCUT2D eigenvalue weighted by Gasteiger charge is -2.27. The van der Waals surface area contributed by atoms with E-state index in [1.165, 1.54) is 0 Å². The molecule has 4 nitrogen and oxygen atoms in total. The lowest BCUT2D eigenvalue weighted by Crippen LogP contribution is -2.44. The average Bonchev–Trinajstić information content (AvgIpc) is 2.13. The first-order chi connectivity index (χ1) is 6.88. The van der Waals surface area contributed by atoms with Crippen molar-refractivity contribution in [1.29, 1.82) is 0 Å². The van der Waals surface area contributed by atoms with Crippen LogP contribution in [-0.4, -0.2) is 38.8 Å². The number of hydrogen-bond acceptors (Lipinski definition) is 3. The summed E-state index contributed by atoms with van der Waals surface area (Å²) in [5.41, 5.74) is 0.173. The SMILES string of the molecule is COCCNC(=O)CNC(C)C(C)(C)C. The molecule has 4 heteroatoms. The van der Waals surface area contributed by atoms with Crippen LogP contribution in [-0.2, 0) is 9.53 Å². The molecule has 1 amide bonds. The van der Waals surface area contributed by atoms with E-state index in [1.54, 1.807) is 7.11 Å². The molecule has 0 heterocycles. The molecule has 0 saturated carbocycles. The summed E-state index contributed by atoms with van der Waals surface area (Å²) < 4.78 is 4.84. The van der Waals surface area contributed by atoms with E-state index in [4.69, 9.17) is 4.74 Å². The zero-order chi connectivity index (χ0) is 11.9. The maximum absolute atomic E-state index is 11.3. The van der Waals surface area contributed by atoms with Crippen LogP contribution in [0.2, 0.25) is 0 Å². The first-order valence-corrected chi connectivity index (χ1v) is 5.37. The second kappa shape index (κ2) is 6.80. The van der Waals surface area contributed by atoms with Crippen molar-refractivity contribution in [2.24, 2.45) is 5.41 Å². The van der Waals surface area contributed by atoms with Crippen LogP contribution < -0.4 is 10.6 Å². The minimum absolute atomic E-state index is 0.0168. The predicted molar refractivity (Wildman–Crippen MR) is 61.8 cm³/mol. The molecule has 1 atom stereocenters. The van der Waals surface area contributed by atoms with Crippen LogP contribution in [0.1, 0.15) is 27.7 Å². The molecule has 2 N–H and O–H groups in total. The largest absolute Gasteiger partial charge is 0.383 e. The highest BCUT2D eigenvalue weighted by molar-refractivity contribution is 5.77. The molecule has 0 saturated heterocycles. The van der Waals surface area contributed by atoms with Crippen LogP contribution in [0, 0.1) is 5.41 Å². The van der Waals surface area contributed by atoms with E-state index in [0.29, 0.717) is 25.7 Å². The highest BCUT2D eigenvalue weighted by Gasteiger charge is 2.19. The van der Waals surface area contributed by atoms with E-state index in [9.17, 15) is 4.79 Å². The maximum Gasteiger partial charge on any atom is 0.234 e. The van der Waals surface area contributed by atoms with Crippen LogP contribution in [0.4, 0.5) is 0 Å². The molecule has 0 aliphatic rings. The Kier molecular flexibility index (Phi) is 6.52. The molecule has 1 unspecified atom stereocenters. The fourth-order valence-electron chi connectivity index (χ4n) is 0.907. The summed E-state index contributed by atoms with van der Waals surface area (Å²) in [5.74, 6) is 0.0168. The van der Waals surface area contributed by atoms with Gasteiger partial charge >= 0.3 is 0 Å². The molecule has 0 rings (SSSR count). The lowest BCUT2D eigenvalue weighted by molar-refractivity contribution is -0.120. The first kappa shape index (κ1) is 14.4. The van der Waals surface area contributed by atoms with E-state index in [1.807, 2.05) is 0 Å². The van der Waals surface area contributed by atoms with Gasteiger partial charge in [0.05, 0.1) is 13.2 Å². The number of carbonyl (C=O) groups excluding carboxylic acids is 1. The summed E-state index contributed by atoms with van der Waals surface area (Å²) in [6.45, 7) is 10.0. The molecule has 15 heavy (non-hydrogen) atoms. The molecule has 0 aromatic heterocycles. The van der Waals surface area contributed by atoms with Crippen LogP contribution in [0.3, 0.4) is 0 Å². The van der Waals surface area contributed by atoms with Gasteiger partial charge in [-0.1, -0.05) is 20.8 Å². The Morgan fingerprint density at radius 3 is 2.47 bits per heavy atom. The van der Waals surface area contributed by atoms with Crippen LogP contribution in [0.5, 0.6) is 0 Å². The number of hydrogen-bond donors (Lipinski definition) is 2. The lowest BCUT2D eigenvalue weighted by atomic mass is 9.88. The highest BCUT2D eigenvalue weighted by Crippen LogP contribution is 2.17. The molecule has 0 aliphatic carbocycles. The second-order valence-electron chi connectivity index (χ2n) is 4.81. The monoisotopic (exact) mass is 216 g/mol. The van der Waals surface area contributed by atoms with Gasteiger partial charge in [-0.05, 0) is 12.3 Å². The van der Waals surface area contributed by atoms with Crippen molar-refractivity contribution >= 4 is 5.91 Å². The third-order valence-corrected chi connectivity index (χ3v) is 2.50. The zero-order valence-corrected chi connectivity index (χ0v) is 10.5. The number of rotatable bonds is 6. The maximum atomic E-state index is 11.3. The quantitative estimate of drug-likeness (QED) is 0.645. The Bertz CT molecular complexity index is 188. The molecule has 90 valence electrons. The number of amides is 1. The summed E-state index contributed by atoms with van der Waals surface area (Å²) in [4.78, 5) is 11.3. The van der Waals surface area contributed by atoms with Crippen LogP contribution >= 0.6 is 0 Å². The van der Waals surface area contributed by atoms with Gasteiger partial charge in [0.15, 0.2) is 0 Å². The molecule has 0 spiro atoms. The molecule has 0 fully saturated rings. The number of methoxy groups -OCH3 is 1. The normalized spacial score (nSPS) is 13.7. The fraction of sp³-hybridized carbons (Fsp3) is 0.909. The van der Waals surface area contributed by atoms with Crippen LogP contribution in [0.25, 0.3) is 0 Å². The number of nitrogens with one attached hydrogen (secondary N) is 2. The summed E-state index contributed by atoms with van der Waals surface area (Å²) in [7, 11) is 1.62. The van der Waals surface area contributed by atoms with Gasteiger partial charge in [0, 0.05) is 19.7 Å². The third-order valence-electron chi connectivity index (χ3n) is 2.50. The standard InChI is InChI=1S/C11H24N2O2/c1-9(11(2,3)4)13-8-10(14)12-6-7-15-5/h9,13H,6-8H2,1-5H3,(H,12,14).